The van der Waals surface area contributed by atoms with Crippen LogP contribution in [0.25, 0.3) is 27.7 Å². The second kappa shape index (κ2) is 15.9. The number of pyridine rings is 1. The van der Waals surface area contributed by atoms with Gasteiger partial charge in [-0.3, -0.25) is 9.78 Å². The smallest absolute Gasteiger partial charge is 0.311 e. The first-order valence-electron chi connectivity index (χ1n) is 17.8. The topological polar surface area (TPSA) is 91.1 Å². The summed E-state index contributed by atoms with van der Waals surface area (Å²) in [6.07, 6.45) is 6.59. The molecule has 0 atom stereocenters. The van der Waals surface area contributed by atoms with E-state index in [1.165, 1.54) is 12.1 Å². The Labute approximate surface area is 306 Å². The van der Waals surface area contributed by atoms with E-state index in [1.807, 2.05) is 24.4 Å². The largest absolute Gasteiger partial charge is 0.466 e. The van der Waals surface area contributed by atoms with Crippen molar-refractivity contribution < 1.29 is 23.4 Å². The predicted octanol–water partition coefficient (Wildman–Crippen LogP) is 9.50. The maximum absolute atomic E-state index is 14.2. The van der Waals surface area contributed by atoms with Crippen LogP contribution >= 0.6 is 15.9 Å². The molecular formula is C37H53BrFN5O4Si2. The highest BCUT2D eigenvalue weighted by Gasteiger charge is 2.40. The third-order valence-corrected chi connectivity index (χ3v) is 13.7. The second-order valence-electron chi connectivity index (χ2n) is 16.3. The van der Waals surface area contributed by atoms with Gasteiger partial charge in [0.1, 0.15) is 19.3 Å². The molecule has 1 saturated carbocycles. The highest BCUT2D eigenvalue weighted by Crippen LogP contribution is 2.46. The maximum Gasteiger partial charge on any atom is 0.311 e. The van der Waals surface area contributed by atoms with Gasteiger partial charge in [0.25, 0.3) is 0 Å². The molecule has 1 aliphatic carbocycles. The molecule has 0 unspecified atom stereocenters. The SMILES string of the molecule is CCOC(=O)C1(C)CCC(c2nc3c(-c4cnc5ccc(F)cc5c4)cnn3c(N(COCC[Si](C)(C)C)COCC[Si](C)(C)C)c2Br)CC1. The van der Waals surface area contributed by atoms with E-state index >= 15 is 0 Å². The Balaban J connectivity index is 1.58. The lowest BCUT2D eigenvalue weighted by atomic mass is 9.71. The lowest BCUT2D eigenvalue weighted by molar-refractivity contribution is -0.156. The highest BCUT2D eigenvalue weighted by molar-refractivity contribution is 9.10. The number of halogens is 2. The van der Waals surface area contributed by atoms with Crippen LogP contribution in [0.2, 0.25) is 51.4 Å². The number of hydrogen-bond acceptors (Lipinski definition) is 8. The molecule has 3 aromatic heterocycles. The van der Waals surface area contributed by atoms with E-state index in [-0.39, 0.29) is 17.7 Å². The lowest BCUT2D eigenvalue weighted by Crippen LogP contribution is -2.35. The minimum Gasteiger partial charge on any atom is -0.466 e. The van der Waals surface area contributed by atoms with Crippen molar-refractivity contribution in [2.24, 2.45) is 5.41 Å². The van der Waals surface area contributed by atoms with Gasteiger partial charge in [-0.05, 0) is 91.8 Å². The van der Waals surface area contributed by atoms with Crippen molar-refractivity contribution in [1.82, 2.24) is 19.6 Å². The van der Waals surface area contributed by atoms with Crippen LogP contribution in [0.5, 0.6) is 0 Å². The number of fused-ring (bicyclic) bond motifs is 2. The molecule has 1 fully saturated rings. The van der Waals surface area contributed by atoms with Crippen LogP contribution in [0, 0.1) is 11.2 Å². The van der Waals surface area contributed by atoms with Gasteiger partial charge in [0.15, 0.2) is 11.5 Å². The Kier molecular flexibility index (Phi) is 12.2. The van der Waals surface area contributed by atoms with E-state index in [0.717, 1.165) is 52.0 Å². The summed E-state index contributed by atoms with van der Waals surface area (Å²) in [6, 6.07) is 8.65. The second-order valence-corrected chi connectivity index (χ2v) is 28.3. The Morgan fingerprint density at radius 1 is 1.02 bits per heavy atom. The van der Waals surface area contributed by atoms with Gasteiger partial charge in [-0.15, -0.1) is 0 Å². The van der Waals surface area contributed by atoms with E-state index in [2.05, 4.69) is 65.1 Å². The van der Waals surface area contributed by atoms with Crippen LogP contribution in [0.1, 0.15) is 51.1 Å². The fourth-order valence-corrected chi connectivity index (χ4v) is 8.62. The van der Waals surface area contributed by atoms with Gasteiger partial charge in [0, 0.05) is 58.0 Å². The van der Waals surface area contributed by atoms with Crippen LogP contribution in [0.4, 0.5) is 10.2 Å². The molecule has 1 aliphatic rings. The van der Waals surface area contributed by atoms with E-state index in [0.29, 0.717) is 62.7 Å². The molecule has 4 aromatic rings. The zero-order valence-electron chi connectivity index (χ0n) is 30.9. The van der Waals surface area contributed by atoms with Crippen molar-refractivity contribution >= 4 is 60.4 Å². The van der Waals surface area contributed by atoms with Crippen LogP contribution in [-0.2, 0) is 19.0 Å². The molecule has 0 aliphatic heterocycles. The first kappa shape index (κ1) is 38.5. The Morgan fingerprint density at radius 2 is 1.66 bits per heavy atom. The van der Waals surface area contributed by atoms with Crippen molar-refractivity contribution in [3.05, 3.63) is 52.6 Å². The van der Waals surface area contributed by atoms with Crippen LogP contribution in [-0.4, -0.2) is 75.0 Å². The highest BCUT2D eigenvalue weighted by atomic mass is 79.9. The van der Waals surface area contributed by atoms with Gasteiger partial charge in [0.05, 0.1) is 33.9 Å². The standard InChI is InChI=1S/C37H53BrFN5O4Si2/c1-9-48-36(45)37(2)14-12-26(13-15-37)33-32(38)35(43(24-46-16-18-49(3,4)5)25-47-17-19-50(6,7)8)44-34(42-33)30(23-41-44)28-20-27-21-29(39)10-11-31(27)40-22-28/h10-11,20-23,26H,9,12-19,24-25H2,1-8H3. The van der Waals surface area contributed by atoms with Crippen molar-refractivity contribution in [2.75, 3.05) is 38.2 Å². The summed E-state index contributed by atoms with van der Waals surface area (Å²) in [5.41, 5.74) is 3.38. The van der Waals surface area contributed by atoms with Crippen LogP contribution in [0.15, 0.2) is 41.1 Å². The molecule has 0 N–H and O–H groups in total. The van der Waals surface area contributed by atoms with E-state index in [4.69, 9.17) is 24.3 Å². The summed E-state index contributed by atoms with van der Waals surface area (Å²) >= 11 is 4.00. The van der Waals surface area contributed by atoms with Gasteiger partial charge in [0.2, 0.25) is 0 Å². The van der Waals surface area contributed by atoms with Crippen molar-refractivity contribution in [1.29, 1.82) is 0 Å². The average Bonchev–Trinajstić information content (AvgIpc) is 3.47. The van der Waals surface area contributed by atoms with Gasteiger partial charge >= 0.3 is 5.97 Å². The van der Waals surface area contributed by atoms with E-state index in [1.54, 1.807) is 18.5 Å². The monoisotopic (exact) mass is 785 g/mol. The first-order chi connectivity index (χ1) is 23.6. The van der Waals surface area contributed by atoms with E-state index < -0.39 is 21.6 Å². The summed E-state index contributed by atoms with van der Waals surface area (Å²) in [7, 11) is -2.60. The van der Waals surface area contributed by atoms with Gasteiger partial charge < -0.3 is 19.1 Å². The van der Waals surface area contributed by atoms with E-state index in [9.17, 15) is 9.18 Å². The minimum atomic E-state index is -1.30. The molecule has 9 nitrogen and oxygen atoms in total. The Hall–Kier alpha value is -2.72. The summed E-state index contributed by atoms with van der Waals surface area (Å²) in [4.78, 5) is 24.9. The fourth-order valence-electron chi connectivity index (χ4n) is 6.28. The zero-order chi connectivity index (χ0) is 36.3. The molecule has 0 amide bonds. The predicted molar refractivity (Wildman–Crippen MR) is 208 cm³/mol. The molecule has 1 aromatic carbocycles. The molecule has 5 rings (SSSR count). The number of hydrogen-bond donors (Lipinski definition) is 0. The van der Waals surface area contributed by atoms with Crippen molar-refractivity contribution in [3.63, 3.8) is 0 Å². The third kappa shape index (κ3) is 9.38. The maximum atomic E-state index is 14.2. The van der Waals surface area contributed by atoms with Crippen molar-refractivity contribution in [2.45, 2.75) is 96.8 Å². The van der Waals surface area contributed by atoms with Crippen LogP contribution in [0.3, 0.4) is 0 Å². The fraction of sp³-hybridized carbons (Fsp3) is 0.568. The third-order valence-electron chi connectivity index (χ3n) is 9.58. The number of carbonyl (C=O) groups excluding carboxylic acids is 1. The van der Waals surface area contributed by atoms with Gasteiger partial charge in [-0.25, -0.2) is 9.37 Å². The molecule has 3 heterocycles. The quantitative estimate of drug-likeness (QED) is 0.0510. The first-order valence-corrected chi connectivity index (χ1v) is 26.0. The molecule has 13 heteroatoms. The molecule has 0 bridgehead atoms. The molecule has 272 valence electrons. The van der Waals surface area contributed by atoms with Gasteiger partial charge in [-0.1, -0.05) is 39.3 Å². The normalized spacial score (nSPS) is 18.6. The summed E-state index contributed by atoms with van der Waals surface area (Å²) < 4.78 is 35.1. The van der Waals surface area contributed by atoms with Gasteiger partial charge in [-0.2, -0.15) is 9.61 Å². The average molecular weight is 787 g/mol. The number of ether oxygens (including phenoxy) is 3. The number of rotatable bonds is 15. The number of aromatic nitrogens is 4. The minimum absolute atomic E-state index is 0.102. The number of nitrogens with zero attached hydrogens (tertiary/aromatic N) is 5. The number of carbonyl (C=O) groups is 1. The Bertz CT molecular complexity index is 1780. The number of esters is 1. The van der Waals surface area contributed by atoms with Crippen LogP contribution < -0.4 is 4.90 Å². The molecular weight excluding hydrogens is 734 g/mol. The zero-order valence-corrected chi connectivity index (χ0v) is 34.5. The molecule has 0 spiro atoms. The summed E-state index contributed by atoms with van der Waals surface area (Å²) in [6.45, 7) is 20.3. The number of benzene rings is 1. The number of anilines is 1. The van der Waals surface area contributed by atoms with Crippen molar-refractivity contribution in [3.8, 4) is 11.1 Å². The lowest BCUT2D eigenvalue weighted by Gasteiger charge is -2.36. The summed E-state index contributed by atoms with van der Waals surface area (Å²) in [5.74, 6) is 0.464. The Morgan fingerprint density at radius 3 is 2.26 bits per heavy atom. The molecule has 0 radical (unpaired) electrons. The molecule has 50 heavy (non-hydrogen) atoms. The molecule has 0 saturated heterocycles. The summed E-state index contributed by atoms with van der Waals surface area (Å²) in [5, 5.41) is 5.59.